The van der Waals surface area contributed by atoms with Crippen LogP contribution in [0.3, 0.4) is 0 Å². The molecule has 1 atom stereocenters. The minimum atomic E-state index is -3.04. The van der Waals surface area contributed by atoms with Crippen molar-refractivity contribution in [2.24, 2.45) is 5.92 Å². The highest BCUT2D eigenvalue weighted by Gasteiger charge is 2.35. The number of nitrogens with zero attached hydrogens (tertiary/aromatic N) is 1. The molecule has 1 fully saturated rings. The van der Waals surface area contributed by atoms with Crippen LogP contribution in [0.15, 0.2) is 24.3 Å². The van der Waals surface area contributed by atoms with Gasteiger partial charge in [-0.25, -0.2) is 8.42 Å². The van der Waals surface area contributed by atoms with Crippen LogP contribution >= 0.6 is 0 Å². The van der Waals surface area contributed by atoms with Crippen molar-refractivity contribution in [3.05, 3.63) is 35.4 Å². The number of carbonyl (C=O) groups is 1. The molecule has 1 heterocycles. The van der Waals surface area contributed by atoms with Crippen LogP contribution in [0.4, 0.5) is 0 Å². The van der Waals surface area contributed by atoms with E-state index in [2.05, 4.69) is 12.1 Å². The van der Waals surface area contributed by atoms with Crippen LogP contribution in [0.25, 0.3) is 0 Å². The molecule has 5 nitrogen and oxygen atoms in total. The Labute approximate surface area is 137 Å². The number of benzene rings is 1. The third kappa shape index (κ3) is 3.75. The van der Waals surface area contributed by atoms with E-state index < -0.39 is 9.84 Å². The Morgan fingerprint density at radius 1 is 1.22 bits per heavy atom. The van der Waals surface area contributed by atoms with Crippen LogP contribution in [-0.2, 0) is 27.5 Å². The van der Waals surface area contributed by atoms with Crippen LogP contribution in [0.1, 0.15) is 24.0 Å². The molecule has 6 heteroatoms. The van der Waals surface area contributed by atoms with E-state index in [0.29, 0.717) is 12.8 Å². The number of hydrogen-bond donors (Lipinski definition) is 1. The summed E-state index contributed by atoms with van der Waals surface area (Å²) in [5.74, 6) is 0.420. The van der Waals surface area contributed by atoms with Crippen LogP contribution in [0.5, 0.6) is 0 Å². The standard InChI is InChI=1S/C17H23NO4S/c19-7-6-18(16-5-8-23(21,22)12-16)17(20)11-13-9-14-3-1-2-4-15(14)10-13/h1-4,13,16,19H,5-12H2/t16-/m0/s1. The molecule has 1 aliphatic carbocycles. The molecule has 0 bridgehead atoms. The molecule has 1 aromatic carbocycles. The summed E-state index contributed by atoms with van der Waals surface area (Å²) in [4.78, 5) is 14.2. The second-order valence-corrected chi connectivity index (χ2v) is 8.84. The quantitative estimate of drug-likeness (QED) is 0.862. The normalized spacial score (nSPS) is 22.9. The Morgan fingerprint density at radius 2 is 1.87 bits per heavy atom. The average molecular weight is 337 g/mol. The number of carbonyl (C=O) groups excluding carboxylic acids is 1. The molecule has 1 N–H and O–H groups in total. The highest BCUT2D eigenvalue weighted by molar-refractivity contribution is 7.91. The minimum absolute atomic E-state index is 0.0287. The van der Waals surface area contributed by atoms with Crippen LogP contribution < -0.4 is 0 Å². The van der Waals surface area contributed by atoms with E-state index in [0.717, 1.165) is 12.8 Å². The Hall–Kier alpha value is -1.40. The number of amides is 1. The van der Waals surface area contributed by atoms with Gasteiger partial charge in [0.2, 0.25) is 5.91 Å². The summed E-state index contributed by atoms with van der Waals surface area (Å²) in [5, 5.41) is 9.24. The van der Waals surface area contributed by atoms with Crippen molar-refractivity contribution in [1.82, 2.24) is 4.90 Å². The van der Waals surface area contributed by atoms with Gasteiger partial charge in [-0.1, -0.05) is 24.3 Å². The largest absolute Gasteiger partial charge is 0.395 e. The molecule has 1 aromatic rings. The highest BCUT2D eigenvalue weighted by atomic mass is 32.2. The molecule has 126 valence electrons. The summed E-state index contributed by atoms with van der Waals surface area (Å²) in [6.07, 6.45) is 2.71. The molecule has 1 amide bonds. The first-order valence-electron chi connectivity index (χ1n) is 8.16. The molecule has 2 aliphatic rings. The molecule has 23 heavy (non-hydrogen) atoms. The number of sulfone groups is 1. The first kappa shape index (κ1) is 16.5. The predicted octanol–water partition coefficient (Wildman–Crippen LogP) is 0.800. The highest BCUT2D eigenvalue weighted by Crippen LogP contribution is 2.29. The Balaban J connectivity index is 1.64. The van der Waals surface area contributed by atoms with E-state index >= 15 is 0 Å². The van der Waals surface area contributed by atoms with E-state index in [1.807, 2.05) is 12.1 Å². The smallest absolute Gasteiger partial charge is 0.223 e. The third-order valence-electron chi connectivity index (χ3n) is 4.91. The number of fused-ring (bicyclic) bond motifs is 1. The van der Waals surface area contributed by atoms with Gasteiger partial charge in [-0.05, 0) is 36.3 Å². The van der Waals surface area contributed by atoms with E-state index in [1.54, 1.807) is 4.90 Å². The van der Waals surface area contributed by atoms with Crippen LogP contribution in [0, 0.1) is 5.92 Å². The summed E-state index contributed by atoms with van der Waals surface area (Å²) in [6, 6.07) is 7.97. The molecule has 1 saturated heterocycles. The monoisotopic (exact) mass is 337 g/mol. The van der Waals surface area contributed by atoms with Gasteiger partial charge in [-0.3, -0.25) is 4.79 Å². The Morgan fingerprint density at radius 3 is 2.39 bits per heavy atom. The molecule has 0 spiro atoms. The van der Waals surface area contributed by atoms with Crippen LogP contribution in [0.2, 0.25) is 0 Å². The molecule has 0 unspecified atom stereocenters. The van der Waals surface area contributed by atoms with Crippen molar-refractivity contribution in [2.45, 2.75) is 31.7 Å². The first-order chi connectivity index (χ1) is 11.0. The minimum Gasteiger partial charge on any atom is -0.395 e. The van der Waals surface area contributed by atoms with E-state index in [-0.39, 0.29) is 42.5 Å². The lowest BCUT2D eigenvalue weighted by Crippen LogP contribution is -2.43. The summed E-state index contributed by atoms with van der Waals surface area (Å²) in [6.45, 7) is 0.0892. The van der Waals surface area contributed by atoms with Gasteiger partial charge in [0.15, 0.2) is 9.84 Å². The summed E-state index contributed by atoms with van der Waals surface area (Å²) in [7, 11) is -3.04. The van der Waals surface area contributed by atoms with Gasteiger partial charge in [-0.2, -0.15) is 0 Å². The zero-order valence-corrected chi connectivity index (χ0v) is 14.0. The fourth-order valence-corrected chi connectivity index (χ4v) is 5.53. The molecular formula is C17H23NO4S. The maximum absolute atomic E-state index is 12.7. The lowest BCUT2D eigenvalue weighted by Gasteiger charge is -2.28. The van der Waals surface area contributed by atoms with Crippen molar-refractivity contribution in [3.8, 4) is 0 Å². The first-order valence-corrected chi connectivity index (χ1v) is 9.98. The van der Waals surface area contributed by atoms with Gasteiger partial charge >= 0.3 is 0 Å². The van der Waals surface area contributed by atoms with Gasteiger partial charge < -0.3 is 10.0 Å². The molecule has 1 aliphatic heterocycles. The van der Waals surface area contributed by atoms with Gasteiger partial charge in [0.1, 0.15) is 0 Å². The zero-order valence-electron chi connectivity index (χ0n) is 13.1. The number of aliphatic hydroxyl groups is 1. The van der Waals surface area contributed by atoms with Gasteiger partial charge in [0.25, 0.3) is 0 Å². The number of aliphatic hydroxyl groups excluding tert-OH is 1. The molecule has 0 saturated carbocycles. The molecule has 0 radical (unpaired) electrons. The summed E-state index contributed by atoms with van der Waals surface area (Å²) in [5.41, 5.74) is 2.62. The Kier molecular flexibility index (Phi) is 4.73. The second kappa shape index (κ2) is 6.61. The maximum atomic E-state index is 12.7. The SMILES string of the molecule is O=C(CC1Cc2ccccc2C1)N(CCO)[C@H]1CCS(=O)(=O)C1. The summed E-state index contributed by atoms with van der Waals surface area (Å²) < 4.78 is 23.3. The third-order valence-corrected chi connectivity index (χ3v) is 6.66. The second-order valence-electron chi connectivity index (χ2n) is 6.61. The van der Waals surface area contributed by atoms with Gasteiger partial charge in [0.05, 0.1) is 18.1 Å². The van der Waals surface area contributed by atoms with Crippen molar-refractivity contribution >= 4 is 15.7 Å². The van der Waals surface area contributed by atoms with E-state index in [1.165, 1.54) is 11.1 Å². The zero-order chi connectivity index (χ0) is 16.4. The predicted molar refractivity (Wildman–Crippen MR) is 87.8 cm³/mol. The summed E-state index contributed by atoms with van der Waals surface area (Å²) >= 11 is 0. The number of rotatable bonds is 5. The van der Waals surface area contributed by atoms with Crippen molar-refractivity contribution in [2.75, 3.05) is 24.7 Å². The average Bonchev–Trinajstić information content (AvgIpc) is 3.06. The molecular weight excluding hydrogens is 314 g/mol. The maximum Gasteiger partial charge on any atom is 0.223 e. The van der Waals surface area contributed by atoms with E-state index in [9.17, 15) is 18.3 Å². The van der Waals surface area contributed by atoms with Gasteiger partial charge in [0, 0.05) is 19.0 Å². The fraction of sp³-hybridized carbons (Fsp3) is 0.588. The van der Waals surface area contributed by atoms with Crippen LogP contribution in [-0.4, -0.2) is 55.0 Å². The lowest BCUT2D eigenvalue weighted by molar-refractivity contribution is -0.134. The van der Waals surface area contributed by atoms with Crippen molar-refractivity contribution in [1.29, 1.82) is 0 Å². The van der Waals surface area contributed by atoms with E-state index in [4.69, 9.17) is 0 Å². The lowest BCUT2D eigenvalue weighted by atomic mass is 10.0. The molecule has 3 rings (SSSR count). The number of hydrogen-bond acceptors (Lipinski definition) is 4. The van der Waals surface area contributed by atoms with Crippen molar-refractivity contribution in [3.63, 3.8) is 0 Å². The fourth-order valence-electron chi connectivity index (χ4n) is 3.80. The topological polar surface area (TPSA) is 74.7 Å². The molecule has 0 aromatic heterocycles. The Bertz CT molecular complexity index is 661. The van der Waals surface area contributed by atoms with Gasteiger partial charge in [-0.15, -0.1) is 0 Å². The van der Waals surface area contributed by atoms with Crippen molar-refractivity contribution < 1.29 is 18.3 Å².